The lowest BCUT2D eigenvalue weighted by Crippen LogP contribution is -2.21. The molecule has 0 radical (unpaired) electrons. The molecule has 2 unspecified atom stereocenters. The van der Waals surface area contributed by atoms with Crippen molar-refractivity contribution in [2.24, 2.45) is 11.8 Å². The van der Waals surface area contributed by atoms with Gasteiger partial charge in [-0.3, -0.25) is 4.79 Å². The Morgan fingerprint density at radius 1 is 1.19 bits per heavy atom. The highest BCUT2D eigenvalue weighted by molar-refractivity contribution is 8.00. The Morgan fingerprint density at radius 2 is 2.00 bits per heavy atom. The van der Waals surface area contributed by atoms with Gasteiger partial charge in [-0.1, -0.05) is 55.5 Å². The zero-order valence-electron chi connectivity index (χ0n) is 16.0. The van der Waals surface area contributed by atoms with Gasteiger partial charge in [0.15, 0.2) is 5.78 Å². The highest BCUT2D eigenvalue weighted by atomic mass is 32.2. The highest BCUT2D eigenvalue weighted by Crippen LogP contribution is 2.44. The molecule has 0 aliphatic heterocycles. The molecule has 0 amide bonds. The number of hydrogen-bond donors (Lipinski definition) is 0. The lowest BCUT2D eigenvalue weighted by molar-refractivity contribution is 0.0955. The summed E-state index contributed by atoms with van der Waals surface area (Å²) >= 11 is 3.63. The molecule has 140 valence electrons. The smallest absolute Gasteiger partial charge is 0.165 e. The van der Waals surface area contributed by atoms with Gasteiger partial charge in [-0.15, -0.1) is 23.1 Å². The first-order valence-electron chi connectivity index (χ1n) is 9.86. The third-order valence-corrected chi connectivity index (χ3v) is 8.25. The SMILES string of the molecule is CCC1C=CC(C2CC(=O)c3c(SCc4ccccc4)sc(C)c3C2)=CC1. The zero-order chi connectivity index (χ0) is 18.8. The molecule has 0 bridgehead atoms. The van der Waals surface area contributed by atoms with Gasteiger partial charge in [-0.2, -0.15) is 0 Å². The predicted molar refractivity (Wildman–Crippen MR) is 117 cm³/mol. The van der Waals surface area contributed by atoms with Crippen LogP contribution < -0.4 is 0 Å². The number of benzene rings is 1. The molecule has 0 N–H and O–H groups in total. The molecular weight excluding hydrogens is 368 g/mol. The van der Waals surface area contributed by atoms with Crippen molar-refractivity contribution >= 4 is 28.9 Å². The molecule has 3 heteroatoms. The Morgan fingerprint density at radius 3 is 2.70 bits per heavy atom. The van der Waals surface area contributed by atoms with Gasteiger partial charge in [0.2, 0.25) is 0 Å². The van der Waals surface area contributed by atoms with Crippen LogP contribution in [0.25, 0.3) is 0 Å². The molecule has 0 spiro atoms. The van der Waals surface area contributed by atoms with Crippen molar-refractivity contribution in [3.8, 4) is 0 Å². The third-order valence-electron chi connectivity index (χ3n) is 5.76. The quantitative estimate of drug-likeness (QED) is 0.508. The minimum absolute atomic E-state index is 0.341. The van der Waals surface area contributed by atoms with Gasteiger partial charge in [-0.25, -0.2) is 0 Å². The van der Waals surface area contributed by atoms with Crippen LogP contribution in [0.5, 0.6) is 0 Å². The van der Waals surface area contributed by atoms with Crippen LogP contribution >= 0.6 is 23.1 Å². The van der Waals surface area contributed by atoms with E-state index in [1.165, 1.54) is 32.2 Å². The van der Waals surface area contributed by atoms with Gasteiger partial charge >= 0.3 is 0 Å². The minimum atomic E-state index is 0.341. The molecule has 0 saturated heterocycles. The van der Waals surface area contributed by atoms with Gasteiger partial charge in [-0.05, 0) is 54.7 Å². The summed E-state index contributed by atoms with van der Waals surface area (Å²) in [7, 11) is 0. The Hall–Kier alpha value is -1.58. The number of rotatable bonds is 5. The summed E-state index contributed by atoms with van der Waals surface area (Å²) in [6.45, 7) is 4.43. The van der Waals surface area contributed by atoms with E-state index in [1.807, 2.05) is 29.2 Å². The number of carbonyl (C=O) groups excluding carboxylic acids is 1. The van der Waals surface area contributed by atoms with Crippen molar-refractivity contribution in [1.82, 2.24) is 0 Å². The van der Waals surface area contributed by atoms with Crippen LogP contribution in [-0.4, -0.2) is 5.78 Å². The largest absolute Gasteiger partial charge is 0.294 e. The number of ketones is 1. The number of thioether (sulfide) groups is 1. The summed E-state index contributed by atoms with van der Waals surface area (Å²) in [6, 6.07) is 10.5. The average molecular weight is 395 g/mol. The third kappa shape index (κ3) is 4.00. The molecule has 2 atom stereocenters. The van der Waals surface area contributed by atoms with E-state index < -0.39 is 0 Å². The Kier molecular flexibility index (Phi) is 5.70. The minimum Gasteiger partial charge on any atom is -0.294 e. The topological polar surface area (TPSA) is 17.1 Å². The van der Waals surface area contributed by atoms with Gasteiger partial charge in [0.05, 0.1) is 4.21 Å². The summed E-state index contributed by atoms with van der Waals surface area (Å²) in [5, 5.41) is 0. The number of Topliss-reactive ketones (excluding diaryl/α,β-unsaturated/α-hetero) is 1. The standard InChI is InChI=1S/C24H26OS2/c1-3-17-9-11-19(12-10-17)20-13-21-16(2)27-24(23(21)22(25)14-20)26-15-18-7-5-4-6-8-18/h4-9,11-12,17,20H,3,10,13-15H2,1-2H3. The molecule has 4 rings (SSSR count). The number of carbonyl (C=O) groups is 1. The van der Waals surface area contributed by atoms with Crippen molar-refractivity contribution in [3.63, 3.8) is 0 Å². The fraction of sp³-hybridized carbons (Fsp3) is 0.375. The van der Waals surface area contributed by atoms with Crippen LogP contribution in [0.1, 0.15) is 52.5 Å². The molecule has 2 aliphatic carbocycles. The molecule has 2 aliphatic rings. The van der Waals surface area contributed by atoms with E-state index in [0.29, 0.717) is 24.0 Å². The van der Waals surface area contributed by atoms with E-state index in [4.69, 9.17) is 0 Å². The van der Waals surface area contributed by atoms with E-state index in [9.17, 15) is 4.79 Å². The second-order valence-electron chi connectivity index (χ2n) is 7.57. The summed E-state index contributed by atoms with van der Waals surface area (Å²) in [5.74, 6) is 2.30. The van der Waals surface area contributed by atoms with Gasteiger partial charge in [0.25, 0.3) is 0 Å². The van der Waals surface area contributed by atoms with E-state index >= 15 is 0 Å². The van der Waals surface area contributed by atoms with Crippen molar-refractivity contribution in [2.45, 2.75) is 49.5 Å². The van der Waals surface area contributed by atoms with Crippen LogP contribution in [0.15, 0.2) is 58.3 Å². The summed E-state index contributed by atoms with van der Waals surface area (Å²) in [5.41, 5.74) is 5.03. The fourth-order valence-electron chi connectivity index (χ4n) is 4.07. The molecule has 0 fully saturated rings. The molecule has 1 heterocycles. The van der Waals surface area contributed by atoms with Crippen LogP contribution in [0.4, 0.5) is 0 Å². The Labute approximate surface area is 170 Å². The van der Waals surface area contributed by atoms with E-state index in [-0.39, 0.29) is 0 Å². The number of allylic oxidation sites excluding steroid dienone is 4. The summed E-state index contributed by atoms with van der Waals surface area (Å²) in [4.78, 5) is 14.4. The molecule has 2 aromatic rings. The fourth-order valence-corrected chi connectivity index (χ4v) is 6.66. The number of aryl methyl sites for hydroxylation is 1. The first-order chi connectivity index (χ1) is 13.2. The highest BCUT2D eigenvalue weighted by Gasteiger charge is 2.32. The van der Waals surface area contributed by atoms with E-state index in [1.54, 1.807) is 0 Å². The first-order valence-corrected chi connectivity index (χ1v) is 11.7. The normalized spacial score (nSPS) is 21.9. The monoisotopic (exact) mass is 394 g/mol. The maximum atomic E-state index is 13.0. The number of fused-ring (bicyclic) bond motifs is 1. The zero-order valence-corrected chi connectivity index (χ0v) is 17.7. The van der Waals surface area contributed by atoms with Gasteiger partial charge in [0.1, 0.15) is 0 Å². The molecule has 27 heavy (non-hydrogen) atoms. The Bertz CT molecular complexity index is 889. The molecular formula is C24H26OS2. The van der Waals surface area contributed by atoms with Crippen LogP contribution in [0.2, 0.25) is 0 Å². The van der Waals surface area contributed by atoms with Crippen LogP contribution in [-0.2, 0) is 12.2 Å². The number of hydrogen-bond acceptors (Lipinski definition) is 3. The maximum Gasteiger partial charge on any atom is 0.165 e. The average Bonchev–Trinajstić information content (AvgIpc) is 3.03. The van der Waals surface area contributed by atoms with Gasteiger partial charge in [0, 0.05) is 22.6 Å². The second-order valence-corrected chi connectivity index (χ2v) is 10.0. The predicted octanol–water partition coefficient (Wildman–Crippen LogP) is 7.01. The van der Waals surface area contributed by atoms with Crippen molar-refractivity contribution in [2.75, 3.05) is 0 Å². The van der Waals surface area contributed by atoms with Crippen molar-refractivity contribution in [1.29, 1.82) is 0 Å². The second kappa shape index (κ2) is 8.20. The van der Waals surface area contributed by atoms with Crippen LogP contribution in [0.3, 0.4) is 0 Å². The summed E-state index contributed by atoms with van der Waals surface area (Å²) < 4.78 is 1.22. The van der Waals surface area contributed by atoms with Gasteiger partial charge < -0.3 is 0 Å². The number of thiophene rings is 1. The Balaban J connectivity index is 1.52. The van der Waals surface area contributed by atoms with Crippen LogP contribution in [0, 0.1) is 18.8 Å². The van der Waals surface area contributed by atoms with E-state index in [0.717, 1.165) is 24.2 Å². The lowest BCUT2D eigenvalue weighted by Gasteiger charge is -2.26. The lowest BCUT2D eigenvalue weighted by atomic mass is 9.77. The van der Waals surface area contributed by atoms with Crippen molar-refractivity contribution in [3.05, 3.63) is 75.7 Å². The molecule has 1 aromatic heterocycles. The first kappa shape index (κ1) is 18.8. The maximum absolute atomic E-state index is 13.0. The van der Waals surface area contributed by atoms with E-state index in [2.05, 4.69) is 56.3 Å². The molecule has 1 nitrogen and oxygen atoms in total. The van der Waals surface area contributed by atoms with Crippen molar-refractivity contribution < 1.29 is 4.79 Å². The summed E-state index contributed by atoms with van der Waals surface area (Å²) in [6.07, 6.45) is 11.0. The molecule has 1 aromatic carbocycles. The molecule has 0 saturated carbocycles.